The third kappa shape index (κ3) is 6.35. The number of benzene rings is 1. The molecular formula is C23H33N3O5. The Balaban J connectivity index is 1.52. The Morgan fingerprint density at radius 2 is 1.84 bits per heavy atom. The molecule has 0 saturated carbocycles. The molecule has 1 fully saturated rings. The number of nitrogens with one attached hydrogen (secondary N) is 1. The number of likely N-dealkylation sites (tertiary alicyclic amines) is 1. The first-order chi connectivity index (χ1) is 14.7. The average molecular weight is 432 g/mol. The Hall–Kier alpha value is -2.77. The van der Waals surface area contributed by atoms with Crippen molar-refractivity contribution in [3.63, 3.8) is 0 Å². The van der Waals surface area contributed by atoms with Crippen LogP contribution in [0.4, 0.5) is 10.5 Å². The number of ether oxygens (including phenoxy) is 2. The van der Waals surface area contributed by atoms with E-state index in [1.165, 1.54) is 0 Å². The number of amides is 3. The number of hydrogen-bond donors (Lipinski definition) is 1. The monoisotopic (exact) mass is 431 g/mol. The molecule has 31 heavy (non-hydrogen) atoms. The van der Waals surface area contributed by atoms with Gasteiger partial charge < -0.3 is 24.6 Å². The first-order valence-electron chi connectivity index (χ1n) is 11.0. The Morgan fingerprint density at radius 1 is 1.10 bits per heavy atom. The molecule has 1 aromatic carbocycles. The highest BCUT2D eigenvalue weighted by molar-refractivity contribution is 5.97. The molecule has 8 heteroatoms. The van der Waals surface area contributed by atoms with Gasteiger partial charge in [0.25, 0.3) is 0 Å². The highest BCUT2D eigenvalue weighted by Crippen LogP contribution is 2.31. The summed E-state index contributed by atoms with van der Waals surface area (Å²) < 4.78 is 10.9. The van der Waals surface area contributed by atoms with E-state index in [2.05, 4.69) is 5.32 Å². The molecule has 170 valence electrons. The molecule has 3 rings (SSSR count). The minimum atomic E-state index is -0.565. The van der Waals surface area contributed by atoms with E-state index >= 15 is 0 Å². The van der Waals surface area contributed by atoms with Crippen molar-refractivity contribution in [1.29, 1.82) is 0 Å². The lowest BCUT2D eigenvalue weighted by molar-refractivity contribution is -0.136. The second kappa shape index (κ2) is 10.0. The van der Waals surface area contributed by atoms with Crippen LogP contribution in [0.25, 0.3) is 0 Å². The number of hydrogen-bond acceptors (Lipinski definition) is 5. The second-order valence-corrected chi connectivity index (χ2v) is 8.98. The minimum absolute atomic E-state index is 0.0504. The van der Waals surface area contributed by atoms with E-state index in [1.807, 2.05) is 45.0 Å². The number of carbonyl (C=O) groups excluding carboxylic acids is 3. The maximum absolute atomic E-state index is 12.9. The molecule has 8 nitrogen and oxygen atoms in total. The zero-order chi connectivity index (χ0) is 22.4. The molecule has 1 unspecified atom stereocenters. The number of fused-ring (bicyclic) bond motifs is 1. The summed E-state index contributed by atoms with van der Waals surface area (Å²) in [4.78, 5) is 41.2. The number of alkyl carbamates (subject to hydrolysis) is 1. The Labute approximate surface area is 183 Å². The molecule has 0 spiro atoms. The topological polar surface area (TPSA) is 88.2 Å². The summed E-state index contributed by atoms with van der Waals surface area (Å²) in [6, 6.07) is 7.37. The number of piperidine rings is 1. The van der Waals surface area contributed by atoms with Crippen molar-refractivity contribution in [2.45, 2.75) is 64.5 Å². The van der Waals surface area contributed by atoms with Gasteiger partial charge in [0.2, 0.25) is 11.8 Å². The molecule has 0 aromatic heterocycles. The SMILES string of the molecule is CC(C)(C)OC(=O)NCC1CCCCN1C(=O)CCC(=O)N1CCOc2ccccc21. The summed E-state index contributed by atoms with van der Waals surface area (Å²) in [5, 5.41) is 2.78. The number of carbonyl (C=O) groups is 3. The van der Waals surface area contributed by atoms with Crippen molar-refractivity contribution in [2.24, 2.45) is 0 Å². The lowest BCUT2D eigenvalue weighted by Crippen LogP contribution is -2.50. The second-order valence-electron chi connectivity index (χ2n) is 8.98. The molecule has 1 atom stereocenters. The van der Waals surface area contributed by atoms with Crippen LogP contribution in [0.15, 0.2) is 24.3 Å². The van der Waals surface area contributed by atoms with E-state index in [0.717, 1.165) is 24.9 Å². The molecule has 0 aliphatic carbocycles. The van der Waals surface area contributed by atoms with E-state index in [4.69, 9.17) is 9.47 Å². The van der Waals surface area contributed by atoms with Gasteiger partial charge in [-0.2, -0.15) is 0 Å². The van der Waals surface area contributed by atoms with Crippen LogP contribution in [-0.4, -0.2) is 60.7 Å². The Kier molecular flexibility index (Phi) is 7.41. The summed E-state index contributed by atoms with van der Waals surface area (Å²) in [5.74, 6) is 0.563. The van der Waals surface area contributed by atoms with Gasteiger partial charge in [0, 0.05) is 32.0 Å². The van der Waals surface area contributed by atoms with Crippen LogP contribution in [0, 0.1) is 0 Å². The number of rotatable bonds is 5. The maximum atomic E-state index is 12.9. The molecule has 2 heterocycles. The summed E-state index contributed by atoms with van der Waals surface area (Å²) in [5.41, 5.74) is 0.188. The Morgan fingerprint density at radius 3 is 2.61 bits per heavy atom. The molecular weight excluding hydrogens is 398 g/mol. The molecule has 1 saturated heterocycles. The molecule has 2 aliphatic heterocycles. The third-order valence-corrected chi connectivity index (χ3v) is 5.41. The van der Waals surface area contributed by atoms with Crippen molar-refractivity contribution in [1.82, 2.24) is 10.2 Å². The summed E-state index contributed by atoms with van der Waals surface area (Å²) in [7, 11) is 0. The molecule has 1 N–H and O–H groups in total. The van der Waals surface area contributed by atoms with Gasteiger partial charge >= 0.3 is 6.09 Å². The zero-order valence-corrected chi connectivity index (χ0v) is 18.7. The van der Waals surface area contributed by atoms with E-state index in [0.29, 0.717) is 32.0 Å². The van der Waals surface area contributed by atoms with Gasteiger partial charge in [-0.25, -0.2) is 4.79 Å². The van der Waals surface area contributed by atoms with E-state index in [1.54, 1.807) is 9.80 Å². The summed E-state index contributed by atoms with van der Waals surface area (Å²) in [6.07, 6.45) is 2.59. The van der Waals surface area contributed by atoms with Crippen LogP contribution in [0.3, 0.4) is 0 Å². The van der Waals surface area contributed by atoms with Crippen LogP contribution in [-0.2, 0) is 14.3 Å². The quantitative estimate of drug-likeness (QED) is 0.774. The predicted molar refractivity (Wildman–Crippen MR) is 117 cm³/mol. The normalized spacial score (nSPS) is 18.6. The van der Waals surface area contributed by atoms with Crippen LogP contribution in [0.5, 0.6) is 5.75 Å². The van der Waals surface area contributed by atoms with Crippen molar-refractivity contribution >= 4 is 23.6 Å². The van der Waals surface area contributed by atoms with Gasteiger partial charge in [-0.1, -0.05) is 12.1 Å². The standard InChI is InChI=1S/C23H33N3O5/c1-23(2,3)31-22(29)24-16-17-8-6-7-13-25(17)20(27)11-12-21(28)26-14-15-30-19-10-5-4-9-18(19)26/h4-5,9-10,17H,6-8,11-16H2,1-3H3,(H,24,29). The van der Waals surface area contributed by atoms with E-state index in [-0.39, 0.29) is 30.7 Å². The fraction of sp³-hybridized carbons (Fsp3) is 0.609. The smallest absolute Gasteiger partial charge is 0.407 e. The predicted octanol–water partition coefficient (Wildman–Crippen LogP) is 3.10. The molecule has 3 amide bonds. The highest BCUT2D eigenvalue weighted by atomic mass is 16.6. The van der Waals surface area contributed by atoms with Crippen LogP contribution >= 0.6 is 0 Å². The number of anilines is 1. The van der Waals surface area contributed by atoms with Crippen LogP contribution in [0.1, 0.15) is 52.9 Å². The number of nitrogens with zero attached hydrogens (tertiary/aromatic N) is 2. The van der Waals surface area contributed by atoms with Gasteiger partial charge in [0.1, 0.15) is 18.0 Å². The molecule has 0 bridgehead atoms. The first kappa shape index (κ1) is 22.9. The van der Waals surface area contributed by atoms with Gasteiger partial charge in [-0.15, -0.1) is 0 Å². The maximum Gasteiger partial charge on any atom is 0.407 e. The fourth-order valence-electron chi connectivity index (χ4n) is 3.98. The minimum Gasteiger partial charge on any atom is -0.490 e. The molecule has 2 aliphatic rings. The molecule has 0 radical (unpaired) electrons. The van der Waals surface area contributed by atoms with Crippen molar-refractivity contribution in [3.8, 4) is 5.75 Å². The highest BCUT2D eigenvalue weighted by Gasteiger charge is 2.29. The van der Waals surface area contributed by atoms with E-state index in [9.17, 15) is 14.4 Å². The first-order valence-corrected chi connectivity index (χ1v) is 11.0. The summed E-state index contributed by atoms with van der Waals surface area (Å²) >= 11 is 0. The number of para-hydroxylation sites is 2. The Bertz CT molecular complexity index is 805. The molecule has 1 aromatic rings. The largest absolute Gasteiger partial charge is 0.490 e. The van der Waals surface area contributed by atoms with Crippen molar-refractivity contribution < 1.29 is 23.9 Å². The average Bonchev–Trinajstić information content (AvgIpc) is 2.74. The van der Waals surface area contributed by atoms with Crippen LogP contribution < -0.4 is 15.0 Å². The zero-order valence-electron chi connectivity index (χ0n) is 18.7. The lowest BCUT2D eigenvalue weighted by atomic mass is 10.0. The van der Waals surface area contributed by atoms with E-state index < -0.39 is 11.7 Å². The third-order valence-electron chi connectivity index (χ3n) is 5.41. The van der Waals surface area contributed by atoms with Crippen molar-refractivity contribution in [3.05, 3.63) is 24.3 Å². The fourth-order valence-corrected chi connectivity index (χ4v) is 3.98. The summed E-state index contributed by atoms with van der Waals surface area (Å²) in [6.45, 7) is 7.36. The lowest BCUT2D eigenvalue weighted by Gasteiger charge is -2.36. The van der Waals surface area contributed by atoms with Gasteiger partial charge in [-0.05, 0) is 52.2 Å². The van der Waals surface area contributed by atoms with Crippen LogP contribution in [0.2, 0.25) is 0 Å². The van der Waals surface area contributed by atoms with Gasteiger partial charge in [0.05, 0.1) is 12.2 Å². The van der Waals surface area contributed by atoms with Gasteiger partial charge in [-0.3, -0.25) is 9.59 Å². The van der Waals surface area contributed by atoms with Gasteiger partial charge in [0.15, 0.2) is 0 Å². The van der Waals surface area contributed by atoms with Crippen molar-refractivity contribution in [2.75, 3.05) is 31.1 Å².